The quantitative estimate of drug-likeness (QED) is 0.366. The van der Waals surface area contributed by atoms with E-state index in [1.54, 1.807) is 0 Å². The molecule has 0 spiro atoms. The number of hydrazine groups is 1. The summed E-state index contributed by atoms with van der Waals surface area (Å²) in [6, 6.07) is 0. The molecular formula is C7H10N8O5. The molecule has 13 heteroatoms. The van der Waals surface area contributed by atoms with E-state index >= 15 is 0 Å². The van der Waals surface area contributed by atoms with Gasteiger partial charge in [-0.2, -0.15) is 4.98 Å². The average molecular weight is 286 g/mol. The number of rotatable bonds is 2. The van der Waals surface area contributed by atoms with Crippen LogP contribution >= 0.6 is 0 Å². The molecule has 3 heterocycles. The number of aliphatic hydroxyl groups is 2. The van der Waals surface area contributed by atoms with Crippen LogP contribution in [0.4, 0.5) is 5.95 Å². The number of nitrogens with one attached hydrogen (secondary N) is 1. The molecule has 6 N–H and O–H groups in total. The van der Waals surface area contributed by atoms with E-state index in [1.165, 1.54) is 0 Å². The largest absolute Gasteiger partial charge is 0.393 e. The molecule has 0 bridgehead atoms. The maximum Gasteiger partial charge on any atom is 0.282 e. The van der Waals surface area contributed by atoms with Crippen molar-refractivity contribution in [2.45, 2.75) is 12.3 Å². The predicted octanol–water partition coefficient (Wildman–Crippen LogP) is -3.73. The van der Waals surface area contributed by atoms with Crippen molar-refractivity contribution in [3.8, 4) is 0 Å². The normalized spacial score (nSPS) is 23.9. The Labute approximate surface area is 109 Å². The van der Waals surface area contributed by atoms with Crippen LogP contribution in [0.1, 0.15) is 0 Å². The van der Waals surface area contributed by atoms with Crippen molar-refractivity contribution in [3.63, 3.8) is 0 Å². The van der Waals surface area contributed by atoms with Crippen molar-refractivity contribution in [1.82, 2.24) is 30.2 Å². The fourth-order valence-electron chi connectivity index (χ4n) is 1.68. The summed E-state index contributed by atoms with van der Waals surface area (Å²) in [6.07, 6.45) is -2.64. The van der Waals surface area contributed by atoms with Crippen LogP contribution < -0.4 is 16.6 Å². The van der Waals surface area contributed by atoms with Gasteiger partial charge in [0.2, 0.25) is 11.6 Å². The first-order chi connectivity index (χ1) is 9.52. The minimum atomic E-state index is -1.53. The molecule has 0 amide bonds. The number of fused-ring (bicyclic) bond motifs is 1. The second kappa shape index (κ2) is 4.36. The summed E-state index contributed by atoms with van der Waals surface area (Å²) < 4.78 is 0. The van der Waals surface area contributed by atoms with Gasteiger partial charge in [-0.3, -0.25) is 15.0 Å². The topological polar surface area (TPSA) is 179 Å². The monoisotopic (exact) mass is 286 g/mol. The van der Waals surface area contributed by atoms with Gasteiger partial charge in [-0.15, -0.1) is 5.10 Å². The van der Waals surface area contributed by atoms with E-state index in [1.807, 2.05) is 0 Å². The van der Waals surface area contributed by atoms with Crippen LogP contribution in [0, 0.1) is 0 Å². The van der Waals surface area contributed by atoms with Crippen molar-refractivity contribution < 1.29 is 20.3 Å². The lowest BCUT2D eigenvalue weighted by Crippen LogP contribution is -2.45. The van der Waals surface area contributed by atoms with Crippen LogP contribution in [0.2, 0.25) is 0 Å². The molecule has 0 radical (unpaired) electrons. The first kappa shape index (κ1) is 12.7. The number of H-pyrrole nitrogens is 1. The number of aromatic nitrogens is 5. The van der Waals surface area contributed by atoms with Crippen molar-refractivity contribution in [2.24, 2.45) is 0 Å². The van der Waals surface area contributed by atoms with E-state index in [9.17, 15) is 15.1 Å². The van der Waals surface area contributed by atoms with Crippen molar-refractivity contribution in [1.29, 1.82) is 0 Å². The standard InChI is InChI=1S/C7H10N8O5/c8-7-9-4-3(5(17)10-7)11-12-13(4)15-14(19)6(18)2(1-16)20-15/h2,6,16,18-19H,1H2,(H3,8,9,10,17)/t2-,6-/m1/s1. The summed E-state index contributed by atoms with van der Waals surface area (Å²) in [4.78, 5) is 23.5. The molecule has 1 fully saturated rings. The predicted molar refractivity (Wildman–Crippen MR) is 60.2 cm³/mol. The number of aromatic amines is 1. The first-order valence-electron chi connectivity index (χ1n) is 5.38. The molecule has 20 heavy (non-hydrogen) atoms. The summed E-state index contributed by atoms with van der Waals surface area (Å²) >= 11 is 0. The van der Waals surface area contributed by atoms with E-state index in [2.05, 4.69) is 20.3 Å². The van der Waals surface area contributed by atoms with Gasteiger partial charge in [-0.05, 0) is 10.4 Å². The van der Waals surface area contributed by atoms with Crippen LogP contribution in [-0.2, 0) is 4.84 Å². The molecular weight excluding hydrogens is 276 g/mol. The van der Waals surface area contributed by atoms with Gasteiger partial charge in [0.25, 0.3) is 5.56 Å². The zero-order chi connectivity index (χ0) is 14.4. The zero-order valence-electron chi connectivity index (χ0n) is 9.78. The van der Waals surface area contributed by atoms with Gasteiger partial charge < -0.3 is 15.9 Å². The number of nitrogens with zero attached hydrogens (tertiary/aromatic N) is 6. The Balaban J connectivity index is 2.09. The van der Waals surface area contributed by atoms with Crippen LogP contribution in [-0.4, -0.2) is 64.6 Å². The highest BCUT2D eigenvalue weighted by molar-refractivity contribution is 5.69. The van der Waals surface area contributed by atoms with Crippen molar-refractivity contribution in [3.05, 3.63) is 10.4 Å². The van der Waals surface area contributed by atoms with E-state index in [4.69, 9.17) is 15.7 Å². The summed E-state index contributed by atoms with van der Waals surface area (Å²) in [6.45, 7) is -0.558. The minimum absolute atomic E-state index is 0.101. The number of hydroxylamine groups is 1. The highest BCUT2D eigenvalue weighted by atomic mass is 16.9. The summed E-state index contributed by atoms with van der Waals surface area (Å²) in [5.74, 6) is -0.186. The molecule has 1 saturated heterocycles. The van der Waals surface area contributed by atoms with Gasteiger partial charge in [0.1, 0.15) is 0 Å². The van der Waals surface area contributed by atoms with Gasteiger partial charge in [-0.25, -0.2) is 4.84 Å². The van der Waals surface area contributed by atoms with E-state index in [0.717, 1.165) is 4.79 Å². The Morgan fingerprint density at radius 3 is 2.90 bits per heavy atom. The van der Waals surface area contributed by atoms with Crippen LogP contribution in [0.5, 0.6) is 0 Å². The lowest BCUT2D eigenvalue weighted by atomic mass is 10.3. The third-order valence-corrected chi connectivity index (χ3v) is 2.63. The molecule has 1 aliphatic rings. The number of hydrogen-bond donors (Lipinski definition) is 5. The maximum absolute atomic E-state index is 11.6. The molecule has 1 aliphatic heterocycles. The Morgan fingerprint density at radius 2 is 2.25 bits per heavy atom. The maximum atomic E-state index is 11.6. The lowest BCUT2D eigenvalue weighted by Gasteiger charge is -2.20. The molecule has 0 saturated carbocycles. The Hall–Kier alpha value is -2.32. The molecule has 13 nitrogen and oxygen atoms in total. The van der Waals surface area contributed by atoms with Crippen LogP contribution in [0.15, 0.2) is 4.79 Å². The number of hydrogen-bond acceptors (Lipinski definition) is 11. The van der Waals surface area contributed by atoms with Crippen LogP contribution in [0.3, 0.4) is 0 Å². The second-order valence-electron chi connectivity index (χ2n) is 3.92. The van der Waals surface area contributed by atoms with Crippen LogP contribution in [0.25, 0.3) is 11.2 Å². The molecule has 0 aliphatic carbocycles. The fourth-order valence-corrected chi connectivity index (χ4v) is 1.68. The first-order valence-corrected chi connectivity index (χ1v) is 5.38. The molecule has 0 aromatic carbocycles. The van der Waals surface area contributed by atoms with E-state index < -0.39 is 24.5 Å². The number of anilines is 1. The number of nitrogen functional groups attached to an aromatic ring is 1. The van der Waals surface area contributed by atoms with Crippen molar-refractivity contribution >= 4 is 17.1 Å². The third kappa shape index (κ3) is 1.69. The van der Waals surface area contributed by atoms with Gasteiger partial charge in [0.05, 0.1) is 6.61 Å². The Bertz CT molecular complexity index is 698. The highest BCUT2D eigenvalue weighted by Gasteiger charge is 2.42. The lowest BCUT2D eigenvalue weighted by molar-refractivity contribution is -0.210. The Morgan fingerprint density at radius 1 is 1.50 bits per heavy atom. The van der Waals surface area contributed by atoms with Crippen molar-refractivity contribution in [2.75, 3.05) is 17.6 Å². The van der Waals surface area contributed by atoms with Gasteiger partial charge in [0.15, 0.2) is 17.8 Å². The molecule has 108 valence electrons. The van der Waals surface area contributed by atoms with E-state index in [-0.39, 0.29) is 22.3 Å². The van der Waals surface area contributed by atoms with Gasteiger partial charge in [0, 0.05) is 0 Å². The Kier molecular flexibility index (Phi) is 2.77. The molecule has 0 unspecified atom stereocenters. The fraction of sp³-hybridized carbons (Fsp3) is 0.429. The molecule has 2 aromatic rings. The summed E-state index contributed by atoms with van der Waals surface area (Å²) in [5, 5.41) is 36.2. The zero-order valence-corrected chi connectivity index (χ0v) is 9.78. The summed E-state index contributed by atoms with van der Waals surface area (Å²) in [7, 11) is 0. The minimum Gasteiger partial charge on any atom is -0.393 e. The molecule has 3 rings (SSSR count). The average Bonchev–Trinajstić information content (AvgIpc) is 2.93. The van der Waals surface area contributed by atoms with Gasteiger partial charge >= 0.3 is 0 Å². The number of aliphatic hydroxyl groups excluding tert-OH is 2. The summed E-state index contributed by atoms with van der Waals surface area (Å²) in [5.41, 5.74) is 4.54. The highest BCUT2D eigenvalue weighted by Crippen LogP contribution is 2.18. The molecule has 2 atom stereocenters. The second-order valence-corrected chi connectivity index (χ2v) is 3.92. The van der Waals surface area contributed by atoms with E-state index in [0.29, 0.717) is 5.28 Å². The smallest absolute Gasteiger partial charge is 0.282 e. The molecule has 2 aromatic heterocycles. The third-order valence-electron chi connectivity index (χ3n) is 2.63. The number of nitrogens with two attached hydrogens (primary N) is 1. The SMILES string of the molecule is Nc1nc2c(nnn2N2O[C@H](CO)[C@@H](O)N2O)c(=O)[nH]1. The van der Waals surface area contributed by atoms with Gasteiger partial charge in [-0.1, -0.05) is 10.1 Å².